The lowest BCUT2D eigenvalue weighted by Gasteiger charge is -2.26. The summed E-state index contributed by atoms with van der Waals surface area (Å²) in [6.45, 7) is 0. The largest absolute Gasteiger partial charge is 0.298 e. The number of halogens is 1. The Hall–Kier alpha value is -1.28. The zero-order valence-corrected chi connectivity index (χ0v) is 13.5. The Morgan fingerprint density at radius 2 is 1.80 bits per heavy atom. The first kappa shape index (κ1) is 15.1. The highest BCUT2D eigenvalue weighted by molar-refractivity contribution is 9.10. The minimum absolute atomic E-state index is 0.645. The maximum Gasteiger partial charge on any atom is 0.141 e. The molecule has 0 spiro atoms. The molecule has 0 aliphatic rings. The molecule has 1 atom stereocenters. The van der Waals surface area contributed by atoms with Crippen LogP contribution in [0.25, 0.3) is 0 Å². The number of thioether (sulfide) groups is 1. The number of nitriles is 1. The summed E-state index contributed by atoms with van der Waals surface area (Å²) in [6.07, 6.45) is 0. The molecule has 0 saturated carbocycles. The molecule has 0 radical (unpaired) electrons. The van der Waals surface area contributed by atoms with Crippen LogP contribution in [-0.2, 0) is 5.54 Å². The summed E-state index contributed by atoms with van der Waals surface area (Å²) < 4.78 is 1.06. The summed E-state index contributed by atoms with van der Waals surface area (Å²) >= 11 is 5.21. The predicted octanol–water partition coefficient (Wildman–Crippen LogP) is 4.18. The monoisotopic (exact) mass is 346 g/mol. The third-order valence-corrected chi connectivity index (χ3v) is 5.36. The Bertz CT molecular complexity index is 609. The standard InChI is InChI=1S/C16H15BrN2S/c1-19-16(11-18,13-7-3-2-4-8-13)12-20-15-10-6-5-9-14(15)17/h2-10,19H,12H2,1H3. The van der Waals surface area contributed by atoms with Gasteiger partial charge in [0.2, 0.25) is 0 Å². The van der Waals surface area contributed by atoms with Crippen LogP contribution in [0.1, 0.15) is 5.56 Å². The molecular formula is C16H15BrN2S. The molecule has 20 heavy (non-hydrogen) atoms. The van der Waals surface area contributed by atoms with Crippen LogP contribution in [0.3, 0.4) is 0 Å². The van der Waals surface area contributed by atoms with E-state index in [4.69, 9.17) is 0 Å². The van der Waals surface area contributed by atoms with E-state index in [2.05, 4.69) is 33.4 Å². The van der Waals surface area contributed by atoms with Gasteiger partial charge in [0.1, 0.15) is 5.54 Å². The molecule has 2 aromatic rings. The van der Waals surface area contributed by atoms with Gasteiger partial charge < -0.3 is 0 Å². The van der Waals surface area contributed by atoms with Gasteiger partial charge in [-0.15, -0.1) is 11.8 Å². The first-order valence-electron chi connectivity index (χ1n) is 6.25. The minimum atomic E-state index is -0.679. The number of nitrogens with one attached hydrogen (secondary N) is 1. The van der Waals surface area contributed by atoms with Crippen molar-refractivity contribution in [1.29, 1.82) is 5.26 Å². The highest BCUT2D eigenvalue weighted by Crippen LogP contribution is 2.33. The summed E-state index contributed by atoms with van der Waals surface area (Å²) in [5.74, 6) is 0.645. The van der Waals surface area contributed by atoms with Crippen LogP contribution in [-0.4, -0.2) is 12.8 Å². The third-order valence-electron chi connectivity index (χ3n) is 3.17. The van der Waals surface area contributed by atoms with Crippen molar-refractivity contribution in [2.45, 2.75) is 10.4 Å². The molecule has 0 fully saturated rings. The van der Waals surface area contributed by atoms with Gasteiger partial charge >= 0.3 is 0 Å². The lowest BCUT2D eigenvalue weighted by Crippen LogP contribution is -2.41. The fourth-order valence-electron chi connectivity index (χ4n) is 1.92. The van der Waals surface area contributed by atoms with Gasteiger partial charge in [-0.05, 0) is 40.7 Å². The Morgan fingerprint density at radius 3 is 2.40 bits per heavy atom. The Labute approximate surface area is 132 Å². The normalized spacial score (nSPS) is 13.4. The number of hydrogen-bond acceptors (Lipinski definition) is 3. The molecule has 0 heterocycles. The van der Waals surface area contributed by atoms with Crippen molar-refractivity contribution >= 4 is 27.7 Å². The van der Waals surface area contributed by atoms with Crippen LogP contribution >= 0.6 is 27.7 Å². The lowest BCUT2D eigenvalue weighted by atomic mass is 9.94. The summed E-state index contributed by atoms with van der Waals surface area (Å²) in [5, 5.41) is 12.8. The Kier molecular flexibility index (Phi) is 5.24. The topological polar surface area (TPSA) is 35.8 Å². The predicted molar refractivity (Wildman–Crippen MR) is 87.7 cm³/mol. The molecule has 0 aliphatic carbocycles. The lowest BCUT2D eigenvalue weighted by molar-refractivity contribution is 0.528. The summed E-state index contributed by atoms with van der Waals surface area (Å²) in [6, 6.07) is 20.3. The van der Waals surface area contributed by atoms with Crippen molar-refractivity contribution in [3.63, 3.8) is 0 Å². The molecule has 4 heteroatoms. The van der Waals surface area contributed by atoms with E-state index in [1.54, 1.807) is 11.8 Å². The maximum atomic E-state index is 9.64. The Balaban J connectivity index is 2.23. The molecule has 1 N–H and O–H groups in total. The highest BCUT2D eigenvalue weighted by atomic mass is 79.9. The van der Waals surface area contributed by atoms with Crippen molar-refractivity contribution in [2.75, 3.05) is 12.8 Å². The average molecular weight is 347 g/mol. The number of benzene rings is 2. The molecule has 2 nitrogen and oxygen atoms in total. The van der Waals surface area contributed by atoms with E-state index in [1.807, 2.05) is 55.6 Å². The maximum absolute atomic E-state index is 9.64. The zero-order valence-electron chi connectivity index (χ0n) is 11.1. The number of hydrogen-bond donors (Lipinski definition) is 1. The van der Waals surface area contributed by atoms with Gasteiger partial charge in [-0.2, -0.15) is 5.26 Å². The molecular weight excluding hydrogens is 332 g/mol. The molecule has 0 bridgehead atoms. The van der Waals surface area contributed by atoms with Crippen LogP contribution in [0.5, 0.6) is 0 Å². The van der Waals surface area contributed by atoms with Gasteiger partial charge in [0.25, 0.3) is 0 Å². The summed E-state index contributed by atoms with van der Waals surface area (Å²) in [5.41, 5.74) is 0.311. The number of nitrogens with zero attached hydrogens (tertiary/aromatic N) is 1. The highest BCUT2D eigenvalue weighted by Gasteiger charge is 2.30. The smallest absolute Gasteiger partial charge is 0.141 e. The van der Waals surface area contributed by atoms with Gasteiger partial charge in [0.15, 0.2) is 0 Å². The van der Waals surface area contributed by atoms with E-state index in [-0.39, 0.29) is 0 Å². The fourth-order valence-corrected chi connectivity index (χ4v) is 3.68. The molecule has 0 aromatic heterocycles. The first-order valence-corrected chi connectivity index (χ1v) is 8.03. The summed E-state index contributed by atoms with van der Waals surface area (Å²) in [7, 11) is 1.83. The number of rotatable bonds is 5. The van der Waals surface area contributed by atoms with E-state index in [9.17, 15) is 5.26 Å². The zero-order chi connectivity index (χ0) is 14.4. The molecule has 102 valence electrons. The van der Waals surface area contributed by atoms with Gasteiger partial charge in [-0.3, -0.25) is 5.32 Å². The SMILES string of the molecule is CNC(C#N)(CSc1ccccc1Br)c1ccccc1. The van der Waals surface area contributed by atoms with Crippen LogP contribution < -0.4 is 5.32 Å². The molecule has 1 unspecified atom stereocenters. The second kappa shape index (κ2) is 6.94. The van der Waals surface area contributed by atoms with E-state index < -0.39 is 5.54 Å². The van der Waals surface area contributed by atoms with Crippen molar-refractivity contribution in [3.05, 3.63) is 64.6 Å². The van der Waals surface area contributed by atoms with Crippen LogP contribution in [0.2, 0.25) is 0 Å². The Morgan fingerprint density at radius 1 is 1.15 bits per heavy atom. The molecule has 2 aromatic carbocycles. The average Bonchev–Trinajstić information content (AvgIpc) is 2.51. The van der Waals surface area contributed by atoms with Crippen LogP contribution in [0.15, 0.2) is 64.0 Å². The second-order valence-corrected chi connectivity index (χ2v) is 6.22. The van der Waals surface area contributed by atoms with E-state index >= 15 is 0 Å². The van der Waals surface area contributed by atoms with Gasteiger partial charge in [0.05, 0.1) is 6.07 Å². The van der Waals surface area contributed by atoms with Crippen molar-refractivity contribution in [2.24, 2.45) is 0 Å². The second-order valence-electron chi connectivity index (χ2n) is 4.35. The molecule has 0 amide bonds. The van der Waals surface area contributed by atoms with Gasteiger partial charge in [0, 0.05) is 15.1 Å². The van der Waals surface area contributed by atoms with Crippen LogP contribution in [0, 0.1) is 11.3 Å². The molecule has 0 aliphatic heterocycles. The van der Waals surface area contributed by atoms with E-state index in [0.29, 0.717) is 5.75 Å². The van der Waals surface area contributed by atoms with Gasteiger partial charge in [-0.1, -0.05) is 42.5 Å². The van der Waals surface area contributed by atoms with Crippen molar-refractivity contribution < 1.29 is 0 Å². The van der Waals surface area contributed by atoms with E-state index in [1.165, 1.54) is 0 Å². The molecule has 0 saturated heterocycles. The summed E-state index contributed by atoms with van der Waals surface area (Å²) in [4.78, 5) is 1.14. The van der Waals surface area contributed by atoms with Crippen LogP contribution in [0.4, 0.5) is 0 Å². The van der Waals surface area contributed by atoms with E-state index in [0.717, 1.165) is 14.9 Å². The minimum Gasteiger partial charge on any atom is -0.298 e. The van der Waals surface area contributed by atoms with Crippen molar-refractivity contribution in [1.82, 2.24) is 5.32 Å². The first-order chi connectivity index (χ1) is 9.72. The van der Waals surface area contributed by atoms with Crippen molar-refractivity contribution in [3.8, 4) is 6.07 Å². The van der Waals surface area contributed by atoms with Gasteiger partial charge in [-0.25, -0.2) is 0 Å². The molecule has 2 rings (SSSR count). The fraction of sp³-hybridized carbons (Fsp3) is 0.188. The quantitative estimate of drug-likeness (QED) is 0.825. The third kappa shape index (κ3) is 3.24.